The molecule has 1 atom stereocenters. The lowest BCUT2D eigenvalue weighted by molar-refractivity contribution is -0.162. The largest absolute Gasteiger partial charge is 0.438 e. The van der Waals surface area contributed by atoms with E-state index < -0.39 is 49.6 Å². The van der Waals surface area contributed by atoms with E-state index >= 15 is 0 Å². The van der Waals surface area contributed by atoms with Gasteiger partial charge in [-0.05, 0) is 53.5 Å². The predicted octanol–water partition coefficient (Wildman–Crippen LogP) is 4.29. The minimum Gasteiger partial charge on any atom is -0.438 e. The number of amides is 1. The molecule has 33 heavy (non-hydrogen) atoms. The molecule has 0 aliphatic carbocycles. The minimum atomic E-state index is -4.14. The molecule has 0 aliphatic heterocycles. The first-order valence-corrected chi connectivity index (χ1v) is 12.0. The first kappa shape index (κ1) is 28.8. The second kappa shape index (κ2) is 12.3. The molecule has 186 valence electrons. The molecule has 1 rings (SSSR count). The van der Waals surface area contributed by atoms with Crippen LogP contribution in [0.2, 0.25) is 0 Å². The van der Waals surface area contributed by atoms with E-state index in [4.69, 9.17) is 18.5 Å². The zero-order valence-electron chi connectivity index (χ0n) is 20.0. The van der Waals surface area contributed by atoms with E-state index in [9.17, 15) is 24.2 Å². The van der Waals surface area contributed by atoms with Gasteiger partial charge in [0, 0.05) is 6.54 Å². The van der Waals surface area contributed by atoms with Crippen molar-refractivity contribution < 1.29 is 42.7 Å². The van der Waals surface area contributed by atoms with Crippen molar-refractivity contribution in [3.8, 4) is 0 Å². The van der Waals surface area contributed by atoms with Crippen LogP contribution in [0.15, 0.2) is 30.3 Å². The highest BCUT2D eigenvalue weighted by Crippen LogP contribution is 2.62. The van der Waals surface area contributed by atoms with Crippen molar-refractivity contribution >= 4 is 25.9 Å². The average Bonchev–Trinajstić information content (AvgIpc) is 2.72. The molecule has 1 unspecified atom stereocenters. The number of hydrogen-bond acceptors (Lipinski definition) is 9. The minimum absolute atomic E-state index is 0.0169. The fourth-order valence-electron chi connectivity index (χ4n) is 2.45. The molecule has 0 fully saturated rings. The van der Waals surface area contributed by atoms with Crippen LogP contribution in [-0.2, 0) is 37.5 Å². The van der Waals surface area contributed by atoms with Gasteiger partial charge in [0.15, 0.2) is 0 Å². The van der Waals surface area contributed by atoms with Gasteiger partial charge in [0.05, 0.1) is 16.5 Å². The average molecular weight is 487 g/mol. The number of hydrogen-bond donors (Lipinski definition) is 1. The number of benzene rings is 1. The molecule has 0 radical (unpaired) electrons. The predicted molar refractivity (Wildman–Crippen MR) is 119 cm³/mol. The number of carbonyl (C=O) groups is 3. The molecule has 1 aromatic carbocycles. The zero-order chi connectivity index (χ0) is 25.3. The van der Waals surface area contributed by atoms with Crippen molar-refractivity contribution in [2.75, 3.05) is 20.1 Å². The van der Waals surface area contributed by atoms with Crippen molar-refractivity contribution in [1.29, 1.82) is 0 Å². The van der Waals surface area contributed by atoms with Crippen LogP contribution >= 0.6 is 7.60 Å². The Morgan fingerprint density at radius 2 is 1.42 bits per heavy atom. The Morgan fingerprint density at radius 3 is 1.82 bits per heavy atom. The van der Waals surface area contributed by atoms with E-state index in [1.54, 1.807) is 71.9 Å². The summed E-state index contributed by atoms with van der Waals surface area (Å²) in [6.07, 6.45) is 0.196. The SMILES string of the molecule is CC(C)(C)C(=O)OCOP(=O)(OCOC(=O)C(C)(C)C)C(CCN(O)C=O)c1ccccc1. The first-order valence-electron chi connectivity index (χ1n) is 10.4. The van der Waals surface area contributed by atoms with Crippen LogP contribution in [0.3, 0.4) is 0 Å². The summed E-state index contributed by atoms with van der Waals surface area (Å²) < 4.78 is 34.9. The number of rotatable bonds is 12. The van der Waals surface area contributed by atoms with E-state index in [2.05, 4.69) is 0 Å². The van der Waals surface area contributed by atoms with E-state index in [1.807, 2.05) is 0 Å². The maximum Gasteiger partial charge on any atom is 0.343 e. The van der Waals surface area contributed by atoms with Crippen molar-refractivity contribution in [2.24, 2.45) is 10.8 Å². The highest BCUT2D eigenvalue weighted by molar-refractivity contribution is 7.54. The Morgan fingerprint density at radius 1 is 0.970 bits per heavy atom. The molecule has 0 saturated heterocycles. The number of carbonyl (C=O) groups excluding carboxylic acids is 3. The Balaban J connectivity index is 3.14. The normalized spacial score (nSPS) is 13.2. The molecular formula is C22H34NO9P. The highest BCUT2D eigenvalue weighted by atomic mass is 31.2. The molecule has 1 amide bonds. The third-order valence-electron chi connectivity index (χ3n) is 4.39. The smallest absolute Gasteiger partial charge is 0.343 e. The van der Waals surface area contributed by atoms with Crippen molar-refractivity contribution in [1.82, 2.24) is 5.06 Å². The molecule has 0 bridgehead atoms. The summed E-state index contributed by atoms with van der Waals surface area (Å²) in [5, 5.41) is 9.95. The van der Waals surface area contributed by atoms with Gasteiger partial charge in [-0.1, -0.05) is 30.3 Å². The van der Waals surface area contributed by atoms with Crippen LogP contribution in [0.5, 0.6) is 0 Å². The van der Waals surface area contributed by atoms with Gasteiger partial charge in [-0.2, -0.15) is 0 Å². The summed E-state index contributed by atoms with van der Waals surface area (Å²) in [5.41, 5.74) is -2.05. The van der Waals surface area contributed by atoms with E-state index in [0.29, 0.717) is 10.6 Å². The molecule has 10 nitrogen and oxygen atoms in total. The standard InChI is InChI=1S/C22H34NO9P/c1-21(2,3)19(25)29-15-31-33(28,32-16-30-20(26)22(4,5)6)18(12-13-23(27)14-24)17-10-8-7-9-11-17/h7-11,14,18,27H,12-13,15-16H2,1-6H3. The second-order valence-electron chi connectivity index (χ2n) is 9.38. The summed E-state index contributed by atoms with van der Waals surface area (Å²) >= 11 is 0. The fraction of sp³-hybridized carbons (Fsp3) is 0.591. The van der Waals surface area contributed by atoms with Gasteiger partial charge in [0.1, 0.15) is 0 Å². The number of ether oxygens (including phenoxy) is 2. The van der Waals surface area contributed by atoms with Crippen LogP contribution in [0.25, 0.3) is 0 Å². The van der Waals surface area contributed by atoms with Gasteiger partial charge >= 0.3 is 19.5 Å². The maximum absolute atomic E-state index is 13.9. The van der Waals surface area contributed by atoms with Crippen molar-refractivity contribution in [3.05, 3.63) is 35.9 Å². The Labute approximate surface area is 194 Å². The van der Waals surface area contributed by atoms with E-state index in [-0.39, 0.29) is 19.4 Å². The molecule has 0 heterocycles. The molecule has 0 aromatic heterocycles. The van der Waals surface area contributed by atoms with Gasteiger partial charge in [-0.15, -0.1) is 0 Å². The van der Waals surface area contributed by atoms with Crippen LogP contribution in [-0.4, -0.2) is 48.7 Å². The van der Waals surface area contributed by atoms with Crippen LogP contribution < -0.4 is 0 Å². The number of nitrogens with zero attached hydrogens (tertiary/aromatic N) is 1. The number of hydroxylamine groups is 2. The number of esters is 2. The third-order valence-corrected chi connectivity index (χ3v) is 6.64. The highest BCUT2D eigenvalue weighted by Gasteiger charge is 2.39. The first-order chi connectivity index (χ1) is 15.2. The fourth-order valence-corrected chi connectivity index (χ4v) is 4.25. The van der Waals surface area contributed by atoms with Crippen molar-refractivity contribution in [2.45, 2.75) is 53.6 Å². The summed E-state index contributed by atoms with van der Waals surface area (Å²) in [6.45, 7) is 8.40. The summed E-state index contributed by atoms with van der Waals surface area (Å²) in [7, 11) is -4.14. The molecule has 1 N–H and O–H groups in total. The third kappa shape index (κ3) is 9.63. The Kier molecular flexibility index (Phi) is 10.7. The van der Waals surface area contributed by atoms with Crippen molar-refractivity contribution in [3.63, 3.8) is 0 Å². The van der Waals surface area contributed by atoms with E-state index in [1.165, 1.54) is 0 Å². The van der Waals surface area contributed by atoms with Gasteiger partial charge in [0.2, 0.25) is 20.0 Å². The van der Waals surface area contributed by atoms with Crippen LogP contribution in [0, 0.1) is 10.8 Å². The van der Waals surface area contributed by atoms with Crippen LogP contribution in [0.4, 0.5) is 0 Å². The second-order valence-corrected chi connectivity index (χ2v) is 11.6. The lowest BCUT2D eigenvalue weighted by Crippen LogP contribution is -2.26. The Bertz CT molecular complexity index is 795. The van der Waals surface area contributed by atoms with Gasteiger partial charge < -0.3 is 9.47 Å². The van der Waals surface area contributed by atoms with Gasteiger partial charge in [-0.25, -0.2) is 5.06 Å². The molecule has 1 aromatic rings. The summed E-state index contributed by atoms with van der Waals surface area (Å²) in [6, 6.07) is 8.53. The lowest BCUT2D eigenvalue weighted by atomic mass is 9.98. The topological polar surface area (TPSA) is 129 Å². The summed E-state index contributed by atoms with van der Waals surface area (Å²) in [4.78, 5) is 35.0. The van der Waals surface area contributed by atoms with Crippen LogP contribution in [0.1, 0.15) is 59.2 Å². The molecular weight excluding hydrogens is 453 g/mol. The van der Waals surface area contributed by atoms with Gasteiger partial charge in [-0.3, -0.25) is 33.2 Å². The quantitative estimate of drug-likeness (QED) is 0.115. The summed E-state index contributed by atoms with van der Waals surface area (Å²) in [5.74, 6) is -1.15. The molecule has 11 heteroatoms. The van der Waals surface area contributed by atoms with E-state index in [0.717, 1.165) is 0 Å². The molecule has 0 spiro atoms. The molecule has 0 saturated carbocycles. The Hall–Kier alpha value is -2.26. The molecule has 0 aliphatic rings. The van der Waals surface area contributed by atoms with Gasteiger partial charge in [0.25, 0.3) is 0 Å². The zero-order valence-corrected chi connectivity index (χ0v) is 20.9. The monoisotopic (exact) mass is 487 g/mol. The maximum atomic E-state index is 13.9. The lowest BCUT2D eigenvalue weighted by Gasteiger charge is -2.28.